The zero-order valence-electron chi connectivity index (χ0n) is 16.7. The Balaban J connectivity index is 1.70. The Labute approximate surface area is 181 Å². The zero-order valence-corrected chi connectivity index (χ0v) is 17.5. The summed E-state index contributed by atoms with van der Waals surface area (Å²) in [5.74, 6) is 0.695. The second-order valence-electron chi connectivity index (χ2n) is 7.13. The number of rotatable bonds is 6. The molecule has 0 saturated heterocycles. The molecule has 0 N–H and O–H groups in total. The van der Waals surface area contributed by atoms with Crippen molar-refractivity contribution in [1.82, 2.24) is 4.90 Å². The van der Waals surface area contributed by atoms with Crippen LogP contribution in [0, 0.1) is 0 Å². The monoisotopic (exact) mass is 415 g/mol. The van der Waals surface area contributed by atoms with Gasteiger partial charge in [-0.25, -0.2) is 0 Å². The third kappa shape index (κ3) is 4.32. The van der Waals surface area contributed by atoms with E-state index in [0.29, 0.717) is 23.7 Å². The summed E-state index contributed by atoms with van der Waals surface area (Å²) in [5, 5.41) is 2.76. The van der Waals surface area contributed by atoms with E-state index < -0.39 is 0 Å². The van der Waals surface area contributed by atoms with Gasteiger partial charge in [-0.15, -0.1) is 0 Å². The van der Waals surface area contributed by atoms with Crippen LogP contribution in [0.25, 0.3) is 10.8 Å². The van der Waals surface area contributed by atoms with Crippen molar-refractivity contribution < 1.29 is 9.53 Å². The van der Waals surface area contributed by atoms with Crippen LogP contribution in [-0.4, -0.2) is 17.9 Å². The largest absolute Gasteiger partial charge is 0.497 e. The molecule has 0 unspecified atom stereocenters. The molecule has 0 aliphatic heterocycles. The predicted octanol–water partition coefficient (Wildman–Crippen LogP) is 6.34. The van der Waals surface area contributed by atoms with Crippen LogP contribution in [0.3, 0.4) is 0 Å². The molecular weight excluding hydrogens is 394 g/mol. The highest BCUT2D eigenvalue weighted by molar-refractivity contribution is 6.33. The maximum absolute atomic E-state index is 13.5. The van der Waals surface area contributed by atoms with Crippen LogP contribution >= 0.6 is 11.6 Å². The smallest absolute Gasteiger partial charge is 0.255 e. The van der Waals surface area contributed by atoms with Gasteiger partial charge in [-0.3, -0.25) is 4.79 Å². The summed E-state index contributed by atoms with van der Waals surface area (Å²) in [4.78, 5) is 15.3. The molecule has 0 heterocycles. The molecular formula is C26H22ClNO2. The summed E-state index contributed by atoms with van der Waals surface area (Å²) in [6, 6.07) is 29.4. The summed E-state index contributed by atoms with van der Waals surface area (Å²) in [6.07, 6.45) is 0. The molecule has 0 saturated carbocycles. The predicted molar refractivity (Wildman–Crippen MR) is 122 cm³/mol. The van der Waals surface area contributed by atoms with Crippen LogP contribution in [0.2, 0.25) is 5.02 Å². The van der Waals surface area contributed by atoms with Crippen LogP contribution in [0.1, 0.15) is 21.5 Å². The Bertz CT molecular complexity index is 1170. The van der Waals surface area contributed by atoms with Gasteiger partial charge >= 0.3 is 0 Å². The minimum atomic E-state index is -0.0932. The minimum absolute atomic E-state index is 0.0932. The van der Waals surface area contributed by atoms with Gasteiger partial charge in [-0.1, -0.05) is 78.3 Å². The molecule has 4 aromatic carbocycles. The molecule has 0 aliphatic carbocycles. The fraction of sp³-hybridized carbons (Fsp3) is 0.115. The normalized spacial score (nSPS) is 10.7. The van der Waals surface area contributed by atoms with E-state index in [4.69, 9.17) is 16.3 Å². The maximum Gasteiger partial charge on any atom is 0.255 e. The number of carbonyl (C=O) groups is 1. The lowest BCUT2D eigenvalue weighted by Crippen LogP contribution is -2.30. The molecule has 0 bridgehead atoms. The molecule has 0 aliphatic rings. The third-order valence-electron chi connectivity index (χ3n) is 5.17. The first-order valence-electron chi connectivity index (χ1n) is 9.79. The van der Waals surface area contributed by atoms with Gasteiger partial charge in [0.2, 0.25) is 0 Å². The number of amides is 1. The summed E-state index contributed by atoms with van der Waals surface area (Å²) in [6.45, 7) is 0.953. The van der Waals surface area contributed by atoms with Crippen molar-refractivity contribution in [3.63, 3.8) is 0 Å². The SMILES string of the molecule is COc1ccc(CN(Cc2cccc3ccccc23)C(=O)c2ccccc2Cl)cc1. The van der Waals surface area contributed by atoms with Gasteiger partial charge in [0.05, 0.1) is 17.7 Å². The molecule has 4 aromatic rings. The van der Waals surface area contributed by atoms with Crippen molar-refractivity contribution in [3.05, 3.63) is 113 Å². The second kappa shape index (κ2) is 9.02. The van der Waals surface area contributed by atoms with E-state index in [1.165, 1.54) is 0 Å². The van der Waals surface area contributed by atoms with Crippen molar-refractivity contribution in [2.45, 2.75) is 13.1 Å². The van der Waals surface area contributed by atoms with E-state index in [-0.39, 0.29) is 5.91 Å². The van der Waals surface area contributed by atoms with E-state index in [9.17, 15) is 4.79 Å². The molecule has 4 rings (SSSR count). The van der Waals surface area contributed by atoms with Crippen molar-refractivity contribution >= 4 is 28.3 Å². The summed E-state index contributed by atoms with van der Waals surface area (Å²) in [7, 11) is 1.64. The summed E-state index contributed by atoms with van der Waals surface area (Å²) in [5.41, 5.74) is 2.63. The number of nitrogens with zero attached hydrogens (tertiary/aromatic N) is 1. The third-order valence-corrected chi connectivity index (χ3v) is 5.49. The first-order valence-corrected chi connectivity index (χ1v) is 10.2. The molecule has 3 nitrogen and oxygen atoms in total. The Morgan fingerprint density at radius 2 is 1.53 bits per heavy atom. The highest BCUT2D eigenvalue weighted by Gasteiger charge is 2.20. The lowest BCUT2D eigenvalue weighted by atomic mass is 10.0. The van der Waals surface area contributed by atoms with Gasteiger partial charge in [-0.05, 0) is 46.2 Å². The fourth-order valence-electron chi connectivity index (χ4n) is 3.59. The van der Waals surface area contributed by atoms with Gasteiger partial charge in [0.1, 0.15) is 5.75 Å². The average Bonchev–Trinajstić information content (AvgIpc) is 2.79. The molecule has 0 radical (unpaired) electrons. The van der Waals surface area contributed by atoms with Gasteiger partial charge in [-0.2, -0.15) is 0 Å². The standard InChI is InChI=1S/C26H22ClNO2/c1-30-22-15-13-19(14-16-22)17-28(26(29)24-11-4-5-12-25(24)27)18-21-9-6-8-20-7-2-3-10-23(20)21/h2-16H,17-18H2,1H3. The highest BCUT2D eigenvalue weighted by Crippen LogP contribution is 2.24. The van der Waals surface area contributed by atoms with Crippen molar-refractivity contribution in [1.29, 1.82) is 0 Å². The topological polar surface area (TPSA) is 29.5 Å². The molecule has 30 heavy (non-hydrogen) atoms. The van der Waals surface area contributed by atoms with Gasteiger partial charge in [0.15, 0.2) is 0 Å². The Morgan fingerprint density at radius 1 is 0.833 bits per heavy atom. The molecule has 0 atom stereocenters. The van der Waals surface area contributed by atoms with E-state index in [0.717, 1.165) is 27.6 Å². The van der Waals surface area contributed by atoms with Crippen molar-refractivity contribution in [2.24, 2.45) is 0 Å². The summed E-state index contributed by atoms with van der Waals surface area (Å²) < 4.78 is 5.25. The number of benzene rings is 4. The van der Waals surface area contributed by atoms with E-state index in [1.54, 1.807) is 19.2 Å². The summed E-state index contributed by atoms with van der Waals surface area (Å²) >= 11 is 6.34. The van der Waals surface area contributed by atoms with Crippen LogP contribution in [0.15, 0.2) is 91.0 Å². The Hall–Kier alpha value is -3.30. The second-order valence-corrected chi connectivity index (χ2v) is 7.53. The number of methoxy groups -OCH3 is 1. The molecule has 4 heteroatoms. The number of halogens is 1. The number of ether oxygens (including phenoxy) is 1. The van der Waals surface area contributed by atoms with Crippen LogP contribution in [-0.2, 0) is 13.1 Å². The number of hydrogen-bond donors (Lipinski definition) is 0. The molecule has 0 aromatic heterocycles. The maximum atomic E-state index is 13.5. The quantitative estimate of drug-likeness (QED) is 0.367. The zero-order chi connectivity index (χ0) is 20.9. The average molecular weight is 416 g/mol. The lowest BCUT2D eigenvalue weighted by molar-refractivity contribution is 0.0731. The van der Waals surface area contributed by atoms with E-state index in [2.05, 4.69) is 24.3 Å². The van der Waals surface area contributed by atoms with Crippen LogP contribution in [0.4, 0.5) is 0 Å². The lowest BCUT2D eigenvalue weighted by Gasteiger charge is -2.24. The first-order chi connectivity index (χ1) is 14.7. The van der Waals surface area contributed by atoms with Crippen molar-refractivity contribution in [3.8, 4) is 5.75 Å². The highest BCUT2D eigenvalue weighted by atomic mass is 35.5. The van der Waals surface area contributed by atoms with Crippen molar-refractivity contribution in [2.75, 3.05) is 7.11 Å². The Morgan fingerprint density at radius 3 is 2.30 bits per heavy atom. The number of carbonyl (C=O) groups excluding carboxylic acids is 1. The molecule has 1 amide bonds. The van der Waals surface area contributed by atoms with Gasteiger partial charge < -0.3 is 9.64 Å². The minimum Gasteiger partial charge on any atom is -0.497 e. The molecule has 0 fully saturated rings. The first kappa shape index (κ1) is 20.0. The van der Waals surface area contributed by atoms with E-state index in [1.807, 2.05) is 59.5 Å². The molecule has 0 spiro atoms. The van der Waals surface area contributed by atoms with Gasteiger partial charge in [0.25, 0.3) is 5.91 Å². The van der Waals surface area contributed by atoms with Gasteiger partial charge in [0, 0.05) is 13.1 Å². The fourth-order valence-corrected chi connectivity index (χ4v) is 3.81. The number of hydrogen-bond acceptors (Lipinski definition) is 2. The van der Waals surface area contributed by atoms with Crippen LogP contribution in [0.5, 0.6) is 5.75 Å². The van der Waals surface area contributed by atoms with E-state index >= 15 is 0 Å². The number of fused-ring (bicyclic) bond motifs is 1. The van der Waals surface area contributed by atoms with Crippen LogP contribution < -0.4 is 4.74 Å². The Kier molecular flexibility index (Phi) is 6.01. The molecule has 150 valence electrons.